The van der Waals surface area contributed by atoms with Crippen molar-refractivity contribution in [3.63, 3.8) is 0 Å². The lowest BCUT2D eigenvalue weighted by atomic mass is 9.93. The molecule has 0 aromatic rings. The maximum absolute atomic E-state index is 12.3. The van der Waals surface area contributed by atoms with E-state index in [0.717, 1.165) is 25.9 Å². The van der Waals surface area contributed by atoms with Crippen LogP contribution in [-0.4, -0.2) is 48.3 Å². The Bertz CT molecular complexity index is 352. The molecular weight excluding hydrogens is 278 g/mol. The van der Waals surface area contributed by atoms with Crippen LogP contribution in [-0.2, 0) is 4.74 Å². The van der Waals surface area contributed by atoms with Gasteiger partial charge in [-0.3, -0.25) is 0 Å². The lowest BCUT2D eigenvalue weighted by Gasteiger charge is -2.40. The van der Waals surface area contributed by atoms with Crippen molar-refractivity contribution in [2.45, 2.75) is 72.1 Å². The van der Waals surface area contributed by atoms with E-state index in [0.29, 0.717) is 24.4 Å². The largest absolute Gasteiger partial charge is 0.444 e. The van der Waals surface area contributed by atoms with Gasteiger partial charge in [-0.05, 0) is 65.5 Å². The first-order chi connectivity index (χ1) is 10.2. The number of carbonyl (C=O) groups is 1. The van der Waals surface area contributed by atoms with E-state index < -0.39 is 5.60 Å². The fraction of sp³-hybridized carbons (Fsp3) is 0.941. The fourth-order valence-corrected chi connectivity index (χ4v) is 2.89. The second-order valence-electron chi connectivity index (χ2n) is 7.81. The summed E-state index contributed by atoms with van der Waals surface area (Å²) in [5.74, 6) is 1.04. The van der Waals surface area contributed by atoms with Crippen LogP contribution in [0.1, 0.15) is 54.4 Å². The highest BCUT2D eigenvalue weighted by Gasteiger charge is 2.33. The predicted molar refractivity (Wildman–Crippen MR) is 90.8 cm³/mol. The number of hydrogen-bond acceptors (Lipinski definition) is 4. The lowest BCUT2D eigenvalue weighted by Crippen LogP contribution is -2.56. The van der Waals surface area contributed by atoms with Crippen molar-refractivity contribution in [3.05, 3.63) is 0 Å². The standard InChI is InChI=1S/C17H35N3O2/c1-12(2)14(10-18)11-19-15-8-7-9-20(13(15)3)16(21)22-17(4,5)6/h12-15,19H,7-11,18H2,1-6H3. The molecule has 22 heavy (non-hydrogen) atoms. The summed E-state index contributed by atoms with van der Waals surface area (Å²) < 4.78 is 5.52. The number of hydrogen-bond donors (Lipinski definition) is 2. The van der Waals surface area contributed by atoms with Crippen LogP contribution in [0.4, 0.5) is 4.79 Å². The smallest absolute Gasteiger partial charge is 0.410 e. The highest BCUT2D eigenvalue weighted by atomic mass is 16.6. The Hall–Kier alpha value is -0.810. The molecule has 5 heteroatoms. The molecule has 3 unspecified atom stereocenters. The van der Waals surface area contributed by atoms with Crippen LogP contribution in [0, 0.1) is 11.8 Å². The van der Waals surface area contributed by atoms with Gasteiger partial charge in [0.05, 0.1) is 0 Å². The molecular formula is C17H35N3O2. The Kier molecular flexibility index (Phi) is 7.13. The van der Waals surface area contributed by atoms with Crippen molar-refractivity contribution in [1.29, 1.82) is 0 Å². The topological polar surface area (TPSA) is 67.6 Å². The molecule has 130 valence electrons. The van der Waals surface area contributed by atoms with Crippen molar-refractivity contribution in [1.82, 2.24) is 10.2 Å². The summed E-state index contributed by atoms with van der Waals surface area (Å²) >= 11 is 0. The molecule has 3 N–H and O–H groups in total. The average Bonchev–Trinajstić information content (AvgIpc) is 2.38. The van der Waals surface area contributed by atoms with Crippen LogP contribution < -0.4 is 11.1 Å². The Morgan fingerprint density at radius 1 is 1.41 bits per heavy atom. The molecule has 0 radical (unpaired) electrons. The zero-order valence-electron chi connectivity index (χ0n) is 15.2. The van der Waals surface area contributed by atoms with E-state index in [2.05, 4.69) is 26.1 Å². The van der Waals surface area contributed by atoms with E-state index in [4.69, 9.17) is 10.5 Å². The summed E-state index contributed by atoms with van der Waals surface area (Å²) in [5, 5.41) is 3.62. The van der Waals surface area contributed by atoms with Crippen molar-refractivity contribution < 1.29 is 9.53 Å². The molecule has 1 aliphatic rings. The van der Waals surface area contributed by atoms with Crippen LogP contribution in [0.3, 0.4) is 0 Å². The number of nitrogens with zero attached hydrogens (tertiary/aromatic N) is 1. The van der Waals surface area contributed by atoms with E-state index >= 15 is 0 Å². The van der Waals surface area contributed by atoms with Crippen LogP contribution >= 0.6 is 0 Å². The number of nitrogens with one attached hydrogen (secondary N) is 1. The highest BCUT2D eigenvalue weighted by Crippen LogP contribution is 2.21. The zero-order valence-corrected chi connectivity index (χ0v) is 15.2. The van der Waals surface area contributed by atoms with Gasteiger partial charge in [0, 0.05) is 18.6 Å². The first kappa shape index (κ1) is 19.2. The van der Waals surface area contributed by atoms with Gasteiger partial charge < -0.3 is 20.7 Å². The normalized spacial score (nSPS) is 24.5. The van der Waals surface area contributed by atoms with Crippen molar-refractivity contribution >= 4 is 6.09 Å². The van der Waals surface area contributed by atoms with Gasteiger partial charge >= 0.3 is 6.09 Å². The van der Waals surface area contributed by atoms with Crippen LogP contribution in [0.2, 0.25) is 0 Å². The van der Waals surface area contributed by atoms with Gasteiger partial charge in [-0.15, -0.1) is 0 Å². The SMILES string of the molecule is CC(C)C(CN)CNC1CCCN(C(=O)OC(C)(C)C)C1C. The summed E-state index contributed by atoms with van der Waals surface area (Å²) in [7, 11) is 0. The van der Waals surface area contributed by atoms with Gasteiger partial charge in [0.25, 0.3) is 0 Å². The van der Waals surface area contributed by atoms with Gasteiger partial charge in [-0.2, -0.15) is 0 Å². The molecule has 3 atom stereocenters. The van der Waals surface area contributed by atoms with Gasteiger partial charge in [0.15, 0.2) is 0 Å². The van der Waals surface area contributed by atoms with E-state index in [9.17, 15) is 4.79 Å². The Morgan fingerprint density at radius 2 is 2.05 bits per heavy atom. The van der Waals surface area contributed by atoms with E-state index in [1.165, 1.54) is 0 Å². The molecule has 0 spiro atoms. The maximum atomic E-state index is 12.3. The maximum Gasteiger partial charge on any atom is 0.410 e. The third kappa shape index (κ3) is 5.76. The van der Waals surface area contributed by atoms with E-state index in [-0.39, 0.29) is 12.1 Å². The quantitative estimate of drug-likeness (QED) is 0.818. The number of piperidine rings is 1. The Labute approximate surface area is 135 Å². The van der Waals surface area contributed by atoms with Crippen molar-refractivity contribution in [2.24, 2.45) is 17.6 Å². The molecule has 1 heterocycles. The first-order valence-electron chi connectivity index (χ1n) is 8.58. The molecule has 1 amide bonds. The summed E-state index contributed by atoms with van der Waals surface area (Å²) in [6.07, 6.45) is 1.90. The third-order valence-electron chi connectivity index (χ3n) is 4.50. The molecule has 0 aromatic heterocycles. The van der Waals surface area contributed by atoms with Crippen molar-refractivity contribution in [3.8, 4) is 0 Å². The van der Waals surface area contributed by atoms with Gasteiger partial charge in [0.2, 0.25) is 0 Å². The molecule has 0 aromatic carbocycles. The molecule has 5 nitrogen and oxygen atoms in total. The molecule has 1 rings (SSSR count). The van der Waals surface area contributed by atoms with Gasteiger partial charge in [-0.25, -0.2) is 4.79 Å². The summed E-state index contributed by atoms with van der Waals surface area (Å²) in [5.41, 5.74) is 5.40. The Balaban J connectivity index is 2.58. The van der Waals surface area contributed by atoms with Crippen LogP contribution in [0.5, 0.6) is 0 Å². The highest BCUT2D eigenvalue weighted by molar-refractivity contribution is 5.68. The second kappa shape index (κ2) is 8.16. The molecule has 0 bridgehead atoms. The molecule has 0 saturated carbocycles. The van der Waals surface area contributed by atoms with E-state index in [1.807, 2.05) is 25.7 Å². The number of rotatable bonds is 5. The minimum atomic E-state index is -0.445. The average molecular weight is 313 g/mol. The molecule has 0 aliphatic carbocycles. The van der Waals surface area contributed by atoms with Gasteiger partial charge in [-0.1, -0.05) is 13.8 Å². The van der Waals surface area contributed by atoms with Crippen LogP contribution in [0.15, 0.2) is 0 Å². The van der Waals surface area contributed by atoms with E-state index in [1.54, 1.807) is 0 Å². The fourth-order valence-electron chi connectivity index (χ4n) is 2.89. The zero-order chi connectivity index (χ0) is 16.9. The molecule has 1 saturated heterocycles. The number of nitrogens with two attached hydrogens (primary N) is 1. The summed E-state index contributed by atoms with van der Waals surface area (Å²) in [6, 6.07) is 0.461. The predicted octanol–water partition coefficient (Wildman–Crippen LogP) is 2.59. The molecule has 1 fully saturated rings. The molecule has 1 aliphatic heterocycles. The minimum Gasteiger partial charge on any atom is -0.444 e. The number of ether oxygens (including phenoxy) is 1. The minimum absolute atomic E-state index is 0.147. The third-order valence-corrected chi connectivity index (χ3v) is 4.50. The number of amides is 1. The monoisotopic (exact) mass is 313 g/mol. The second-order valence-corrected chi connectivity index (χ2v) is 7.81. The Morgan fingerprint density at radius 3 is 2.55 bits per heavy atom. The summed E-state index contributed by atoms with van der Waals surface area (Å²) in [4.78, 5) is 14.2. The lowest BCUT2D eigenvalue weighted by molar-refractivity contribution is 0.00676. The van der Waals surface area contributed by atoms with Crippen molar-refractivity contribution in [2.75, 3.05) is 19.6 Å². The number of carbonyl (C=O) groups excluding carboxylic acids is 1. The summed E-state index contributed by atoms with van der Waals surface area (Å²) in [6.45, 7) is 14.6. The van der Waals surface area contributed by atoms with Gasteiger partial charge in [0.1, 0.15) is 5.60 Å². The first-order valence-corrected chi connectivity index (χ1v) is 8.58. The number of likely N-dealkylation sites (tertiary alicyclic amines) is 1. The van der Waals surface area contributed by atoms with Crippen LogP contribution in [0.25, 0.3) is 0 Å².